The lowest BCUT2D eigenvalue weighted by atomic mass is 10.2. The number of nitrogens with zero attached hydrogens (tertiary/aromatic N) is 2. The zero-order valence-corrected chi connectivity index (χ0v) is 12.3. The highest BCUT2D eigenvalue weighted by Crippen LogP contribution is 2.08. The van der Waals surface area contributed by atoms with E-state index >= 15 is 0 Å². The van der Waals surface area contributed by atoms with Crippen LogP contribution in [0.4, 0.5) is 11.6 Å². The number of methoxy groups -OCH3 is 1. The summed E-state index contributed by atoms with van der Waals surface area (Å²) in [4.78, 5) is 19.9. The molecule has 0 aliphatic heterocycles. The highest BCUT2D eigenvalue weighted by Gasteiger charge is 2.06. The van der Waals surface area contributed by atoms with Crippen LogP contribution in [0.5, 0.6) is 0 Å². The van der Waals surface area contributed by atoms with E-state index in [1.165, 1.54) is 0 Å². The van der Waals surface area contributed by atoms with E-state index in [4.69, 9.17) is 10.5 Å². The minimum absolute atomic E-state index is 0.0194. The smallest absolute Gasteiger partial charge is 0.221 e. The van der Waals surface area contributed by atoms with Gasteiger partial charge in [0, 0.05) is 32.2 Å². The lowest BCUT2D eigenvalue weighted by Gasteiger charge is -2.12. The van der Waals surface area contributed by atoms with Crippen molar-refractivity contribution in [2.24, 2.45) is 0 Å². The van der Waals surface area contributed by atoms with E-state index in [0.717, 1.165) is 6.42 Å². The first-order chi connectivity index (χ1) is 9.55. The van der Waals surface area contributed by atoms with Crippen LogP contribution in [0.25, 0.3) is 0 Å². The van der Waals surface area contributed by atoms with Crippen molar-refractivity contribution < 1.29 is 9.53 Å². The standard InChI is InChI=1S/C13H23N5O2/c1-4-9(2)16-13(19)5-6-15-11-7-10(14)17-12(18-11)8-20-3/h7,9H,4-6,8H2,1-3H3,(H,16,19)(H3,14,15,17,18). The monoisotopic (exact) mass is 281 g/mol. The number of carbonyl (C=O) groups excluding carboxylic acids is 1. The molecule has 0 aromatic carbocycles. The predicted molar refractivity (Wildman–Crippen MR) is 78.2 cm³/mol. The molecule has 112 valence electrons. The Labute approximate surface area is 119 Å². The topological polar surface area (TPSA) is 102 Å². The van der Waals surface area contributed by atoms with Gasteiger partial charge in [0.2, 0.25) is 5.91 Å². The lowest BCUT2D eigenvalue weighted by molar-refractivity contribution is -0.121. The summed E-state index contributed by atoms with van der Waals surface area (Å²) in [6.45, 7) is 4.80. The molecule has 1 rings (SSSR count). The van der Waals surface area contributed by atoms with E-state index in [-0.39, 0.29) is 11.9 Å². The highest BCUT2D eigenvalue weighted by molar-refractivity contribution is 5.76. The number of ether oxygens (including phenoxy) is 1. The van der Waals surface area contributed by atoms with Crippen LogP contribution in [0, 0.1) is 0 Å². The van der Waals surface area contributed by atoms with E-state index < -0.39 is 0 Å². The van der Waals surface area contributed by atoms with Crippen LogP contribution in [0.1, 0.15) is 32.5 Å². The number of hydrogen-bond acceptors (Lipinski definition) is 6. The molecule has 1 atom stereocenters. The minimum Gasteiger partial charge on any atom is -0.384 e. The molecule has 1 heterocycles. The van der Waals surface area contributed by atoms with Gasteiger partial charge in [0.25, 0.3) is 0 Å². The third-order valence-corrected chi connectivity index (χ3v) is 2.74. The van der Waals surface area contributed by atoms with Crippen LogP contribution < -0.4 is 16.4 Å². The van der Waals surface area contributed by atoms with Gasteiger partial charge in [-0.25, -0.2) is 9.97 Å². The molecule has 0 radical (unpaired) electrons. The Morgan fingerprint density at radius 1 is 1.50 bits per heavy atom. The van der Waals surface area contributed by atoms with Gasteiger partial charge in [0.1, 0.15) is 18.2 Å². The minimum atomic E-state index is 0.0194. The van der Waals surface area contributed by atoms with Gasteiger partial charge < -0.3 is 21.1 Å². The largest absolute Gasteiger partial charge is 0.384 e. The molecule has 0 aliphatic carbocycles. The fraction of sp³-hybridized carbons (Fsp3) is 0.615. The Kier molecular flexibility index (Phi) is 6.72. The average molecular weight is 281 g/mol. The first-order valence-corrected chi connectivity index (χ1v) is 6.70. The predicted octanol–water partition coefficient (Wildman–Crippen LogP) is 0.922. The molecule has 0 saturated heterocycles. The second-order valence-corrected chi connectivity index (χ2v) is 4.58. The Hall–Kier alpha value is -1.89. The van der Waals surface area contributed by atoms with E-state index in [1.807, 2.05) is 13.8 Å². The fourth-order valence-corrected chi connectivity index (χ4v) is 1.56. The van der Waals surface area contributed by atoms with Gasteiger partial charge in [-0.15, -0.1) is 0 Å². The van der Waals surface area contributed by atoms with Crippen molar-refractivity contribution in [3.05, 3.63) is 11.9 Å². The maximum absolute atomic E-state index is 11.6. The summed E-state index contributed by atoms with van der Waals surface area (Å²) >= 11 is 0. The number of anilines is 2. The lowest BCUT2D eigenvalue weighted by Crippen LogP contribution is -2.33. The van der Waals surface area contributed by atoms with Crippen molar-refractivity contribution in [1.29, 1.82) is 0 Å². The van der Waals surface area contributed by atoms with Crippen LogP contribution in [-0.4, -0.2) is 35.6 Å². The molecule has 1 aromatic rings. The van der Waals surface area contributed by atoms with Gasteiger partial charge >= 0.3 is 0 Å². The van der Waals surface area contributed by atoms with Crippen molar-refractivity contribution in [2.45, 2.75) is 39.3 Å². The number of hydrogen-bond donors (Lipinski definition) is 3. The second kappa shape index (κ2) is 8.31. The SMILES string of the molecule is CCC(C)NC(=O)CCNc1cc(N)nc(COC)n1. The van der Waals surface area contributed by atoms with Crippen LogP contribution in [0.2, 0.25) is 0 Å². The van der Waals surface area contributed by atoms with E-state index in [1.54, 1.807) is 13.2 Å². The highest BCUT2D eigenvalue weighted by atomic mass is 16.5. The van der Waals surface area contributed by atoms with E-state index in [2.05, 4.69) is 20.6 Å². The van der Waals surface area contributed by atoms with Crippen molar-refractivity contribution in [1.82, 2.24) is 15.3 Å². The third kappa shape index (κ3) is 5.83. The van der Waals surface area contributed by atoms with Crippen LogP contribution in [0.3, 0.4) is 0 Å². The number of carbonyl (C=O) groups is 1. The summed E-state index contributed by atoms with van der Waals surface area (Å²) in [5, 5.41) is 5.96. The molecule has 1 unspecified atom stereocenters. The van der Waals surface area contributed by atoms with Gasteiger partial charge in [0.05, 0.1) is 0 Å². The molecule has 0 spiro atoms. The summed E-state index contributed by atoms with van der Waals surface area (Å²) < 4.78 is 4.96. The maximum atomic E-state index is 11.6. The zero-order valence-electron chi connectivity index (χ0n) is 12.3. The van der Waals surface area contributed by atoms with Crippen molar-refractivity contribution >= 4 is 17.5 Å². The van der Waals surface area contributed by atoms with Gasteiger partial charge in [-0.2, -0.15) is 0 Å². The van der Waals surface area contributed by atoms with E-state index in [9.17, 15) is 4.79 Å². The number of nitrogens with one attached hydrogen (secondary N) is 2. The van der Waals surface area contributed by atoms with Gasteiger partial charge in [-0.1, -0.05) is 6.92 Å². The number of nitrogens with two attached hydrogens (primary N) is 1. The summed E-state index contributed by atoms with van der Waals surface area (Å²) in [5.41, 5.74) is 5.68. The van der Waals surface area contributed by atoms with E-state index in [0.29, 0.717) is 37.0 Å². The van der Waals surface area contributed by atoms with Crippen molar-refractivity contribution in [2.75, 3.05) is 24.7 Å². The molecule has 20 heavy (non-hydrogen) atoms. The third-order valence-electron chi connectivity index (χ3n) is 2.74. The number of amides is 1. The average Bonchev–Trinajstić information content (AvgIpc) is 2.38. The first-order valence-electron chi connectivity index (χ1n) is 6.70. The molecule has 4 N–H and O–H groups in total. The van der Waals surface area contributed by atoms with Crippen LogP contribution in [-0.2, 0) is 16.1 Å². The molecular weight excluding hydrogens is 258 g/mol. The number of nitrogen functional groups attached to an aromatic ring is 1. The van der Waals surface area contributed by atoms with Crippen molar-refractivity contribution in [3.63, 3.8) is 0 Å². The Balaban J connectivity index is 2.43. The molecule has 7 heteroatoms. The molecule has 0 aliphatic rings. The van der Waals surface area contributed by atoms with Crippen LogP contribution >= 0.6 is 0 Å². The molecule has 0 fully saturated rings. The van der Waals surface area contributed by atoms with Gasteiger partial charge in [0.15, 0.2) is 5.82 Å². The number of rotatable bonds is 8. The molecule has 0 bridgehead atoms. The normalized spacial score (nSPS) is 11.9. The molecule has 1 amide bonds. The number of aromatic nitrogens is 2. The summed E-state index contributed by atoms with van der Waals surface area (Å²) in [5.74, 6) is 1.50. The Bertz CT molecular complexity index is 439. The Morgan fingerprint density at radius 2 is 2.25 bits per heavy atom. The molecular formula is C13H23N5O2. The second-order valence-electron chi connectivity index (χ2n) is 4.58. The summed E-state index contributed by atoms with van der Waals surface area (Å²) in [7, 11) is 1.57. The molecule has 0 saturated carbocycles. The van der Waals surface area contributed by atoms with Crippen LogP contribution in [0.15, 0.2) is 6.07 Å². The maximum Gasteiger partial charge on any atom is 0.221 e. The first kappa shape index (κ1) is 16.2. The molecule has 1 aromatic heterocycles. The fourth-order valence-electron chi connectivity index (χ4n) is 1.56. The Morgan fingerprint density at radius 3 is 2.90 bits per heavy atom. The van der Waals surface area contributed by atoms with Gasteiger partial charge in [-0.3, -0.25) is 4.79 Å². The summed E-state index contributed by atoms with van der Waals surface area (Å²) in [6.07, 6.45) is 1.30. The quantitative estimate of drug-likeness (QED) is 0.655. The zero-order chi connectivity index (χ0) is 15.0. The van der Waals surface area contributed by atoms with Gasteiger partial charge in [-0.05, 0) is 13.3 Å². The summed E-state index contributed by atoms with van der Waals surface area (Å²) in [6, 6.07) is 1.83. The van der Waals surface area contributed by atoms with Crippen molar-refractivity contribution in [3.8, 4) is 0 Å². The molecule has 7 nitrogen and oxygen atoms in total.